The molecule has 1 aromatic rings. The van der Waals surface area contributed by atoms with Gasteiger partial charge in [-0.25, -0.2) is 0 Å². The van der Waals surface area contributed by atoms with Gasteiger partial charge in [0.1, 0.15) is 11.6 Å². The third kappa shape index (κ3) is 2.82. The molecule has 0 aromatic carbocycles. The van der Waals surface area contributed by atoms with E-state index in [2.05, 4.69) is 15.5 Å². The summed E-state index contributed by atoms with van der Waals surface area (Å²) >= 11 is 0. The Morgan fingerprint density at radius 3 is 2.62 bits per heavy atom. The number of nitrogens with zero attached hydrogens (tertiary/aromatic N) is 2. The lowest BCUT2D eigenvalue weighted by molar-refractivity contribution is 0.0166. The second-order valence-corrected chi connectivity index (χ2v) is 4.48. The summed E-state index contributed by atoms with van der Waals surface area (Å²) in [5.41, 5.74) is 4.86. The number of hydrogen-bond acceptors (Lipinski definition) is 5. The first kappa shape index (κ1) is 11.1. The number of aliphatic hydroxyl groups is 1. The average molecular weight is 222 g/mol. The van der Waals surface area contributed by atoms with Crippen molar-refractivity contribution in [2.45, 2.75) is 37.7 Å². The van der Waals surface area contributed by atoms with Crippen molar-refractivity contribution in [3.8, 4) is 0 Å². The highest BCUT2D eigenvalue weighted by atomic mass is 16.3. The largest absolute Gasteiger partial charge is 0.388 e. The van der Waals surface area contributed by atoms with Gasteiger partial charge in [0, 0.05) is 6.54 Å². The molecule has 1 fully saturated rings. The topological polar surface area (TPSA) is 84.1 Å². The molecule has 0 unspecified atom stereocenters. The van der Waals surface area contributed by atoms with Crippen molar-refractivity contribution in [1.29, 1.82) is 0 Å². The summed E-state index contributed by atoms with van der Waals surface area (Å²) in [6.07, 6.45) is 5.16. The van der Waals surface area contributed by atoms with Crippen LogP contribution >= 0.6 is 0 Å². The maximum absolute atomic E-state index is 10.3. The number of nitrogens with one attached hydrogen (secondary N) is 1. The van der Waals surface area contributed by atoms with Crippen molar-refractivity contribution in [1.82, 2.24) is 10.2 Å². The average Bonchev–Trinajstić information content (AvgIpc) is 2.29. The normalized spacial score (nSPS) is 19.3. The van der Waals surface area contributed by atoms with Crippen LogP contribution in [0.15, 0.2) is 12.1 Å². The van der Waals surface area contributed by atoms with E-state index < -0.39 is 5.60 Å². The number of anilines is 2. The number of hydrogen-bond donors (Lipinski definition) is 3. The molecule has 0 spiro atoms. The summed E-state index contributed by atoms with van der Waals surface area (Å²) in [5.74, 6) is 1.06. The molecule has 0 radical (unpaired) electrons. The summed E-state index contributed by atoms with van der Waals surface area (Å²) in [6, 6.07) is 3.47. The summed E-state index contributed by atoms with van der Waals surface area (Å²) < 4.78 is 0. The Morgan fingerprint density at radius 1 is 1.25 bits per heavy atom. The van der Waals surface area contributed by atoms with E-state index in [1.165, 1.54) is 6.42 Å². The Morgan fingerprint density at radius 2 is 2.00 bits per heavy atom. The Hall–Kier alpha value is -1.36. The van der Waals surface area contributed by atoms with Crippen LogP contribution < -0.4 is 11.1 Å². The van der Waals surface area contributed by atoms with Crippen molar-refractivity contribution in [2.75, 3.05) is 17.6 Å². The first-order valence-corrected chi connectivity index (χ1v) is 5.73. The fraction of sp³-hybridized carbons (Fsp3) is 0.636. The zero-order valence-electron chi connectivity index (χ0n) is 9.32. The minimum absolute atomic E-state index is 0.405. The van der Waals surface area contributed by atoms with Crippen molar-refractivity contribution < 1.29 is 5.11 Å². The van der Waals surface area contributed by atoms with E-state index in [1.54, 1.807) is 12.1 Å². The van der Waals surface area contributed by atoms with Gasteiger partial charge in [-0.05, 0) is 25.0 Å². The first-order valence-electron chi connectivity index (χ1n) is 5.73. The monoisotopic (exact) mass is 222 g/mol. The van der Waals surface area contributed by atoms with Gasteiger partial charge in [0.2, 0.25) is 0 Å². The van der Waals surface area contributed by atoms with Gasteiger partial charge < -0.3 is 16.2 Å². The SMILES string of the molecule is Nc1ccc(NCC2(O)CCCCC2)nn1. The van der Waals surface area contributed by atoms with E-state index in [9.17, 15) is 5.11 Å². The third-order valence-corrected chi connectivity index (χ3v) is 3.07. The highest BCUT2D eigenvalue weighted by Crippen LogP contribution is 2.27. The van der Waals surface area contributed by atoms with Crippen LogP contribution in [0.25, 0.3) is 0 Å². The van der Waals surface area contributed by atoms with Crippen LogP contribution in [0.1, 0.15) is 32.1 Å². The highest BCUT2D eigenvalue weighted by molar-refractivity contribution is 5.38. The molecule has 4 N–H and O–H groups in total. The summed E-state index contributed by atoms with van der Waals surface area (Å²) in [6.45, 7) is 0.533. The lowest BCUT2D eigenvalue weighted by Crippen LogP contribution is -2.38. The molecule has 0 aliphatic heterocycles. The van der Waals surface area contributed by atoms with Crippen LogP contribution in [-0.4, -0.2) is 27.4 Å². The lowest BCUT2D eigenvalue weighted by Gasteiger charge is -2.32. The van der Waals surface area contributed by atoms with Gasteiger partial charge in [-0.1, -0.05) is 19.3 Å². The van der Waals surface area contributed by atoms with Crippen LogP contribution in [0.2, 0.25) is 0 Å². The number of rotatable bonds is 3. The second kappa shape index (κ2) is 4.65. The molecule has 2 rings (SSSR count). The molecule has 88 valence electrons. The third-order valence-electron chi connectivity index (χ3n) is 3.07. The summed E-state index contributed by atoms with van der Waals surface area (Å²) in [7, 11) is 0. The molecule has 1 aliphatic carbocycles. The quantitative estimate of drug-likeness (QED) is 0.715. The van der Waals surface area contributed by atoms with Gasteiger partial charge >= 0.3 is 0 Å². The van der Waals surface area contributed by atoms with Crippen LogP contribution in [0.5, 0.6) is 0 Å². The Balaban J connectivity index is 1.88. The van der Waals surface area contributed by atoms with Crippen molar-refractivity contribution in [3.63, 3.8) is 0 Å². The van der Waals surface area contributed by atoms with E-state index in [-0.39, 0.29) is 0 Å². The van der Waals surface area contributed by atoms with Crippen LogP contribution in [0.3, 0.4) is 0 Å². The smallest absolute Gasteiger partial charge is 0.148 e. The number of aromatic nitrogens is 2. The van der Waals surface area contributed by atoms with E-state index in [0.717, 1.165) is 25.7 Å². The van der Waals surface area contributed by atoms with Crippen molar-refractivity contribution in [2.24, 2.45) is 0 Å². The molecule has 1 aliphatic rings. The van der Waals surface area contributed by atoms with Crippen LogP contribution in [-0.2, 0) is 0 Å². The van der Waals surface area contributed by atoms with Gasteiger partial charge in [0.25, 0.3) is 0 Å². The maximum atomic E-state index is 10.3. The van der Waals surface area contributed by atoms with Crippen molar-refractivity contribution >= 4 is 11.6 Å². The van der Waals surface area contributed by atoms with Crippen molar-refractivity contribution in [3.05, 3.63) is 12.1 Å². The molecular weight excluding hydrogens is 204 g/mol. The number of nitrogen functional groups attached to an aromatic ring is 1. The lowest BCUT2D eigenvalue weighted by atomic mass is 9.85. The molecule has 16 heavy (non-hydrogen) atoms. The summed E-state index contributed by atoms with van der Waals surface area (Å²) in [5, 5.41) is 21.0. The highest BCUT2D eigenvalue weighted by Gasteiger charge is 2.28. The molecular formula is C11H18N4O. The van der Waals surface area contributed by atoms with E-state index in [4.69, 9.17) is 5.73 Å². The Bertz CT molecular complexity index is 332. The van der Waals surface area contributed by atoms with Gasteiger partial charge in [-0.2, -0.15) is 0 Å². The first-order chi connectivity index (χ1) is 7.68. The second-order valence-electron chi connectivity index (χ2n) is 4.48. The standard InChI is InChI=1S/C11H18N4O/c12-9-4-5-10(15-14-9)13-8-11(16)6-2-1-3-7-11/h4-5,16H,1-3,6-8H2,(H2,12,14)(H,13,15). The fourth-order valence-electron chi connectivity index (χ4n) is 2.08. The molecule has 5 nitrogen and oxygen atoms in total. The van der Waals surface area contributed by atoms with Gasteiger partial charge in [0.05, 0.1) is 5.60 Å². The molecule has 0 saturated heterocycles. The zero-order valence-corrected chi connectivity index (χ0v) is 9.32. The fourth-order valence-corrected chi connectivity index (χ4v) is 2.08. The predicted octanol–water partition coefficient (Wildman–Crippen LogP) is 1.17. The molecule has 0 bridgehead atoms. The predicted molar refractivity (Wildman–Crippen MR) is 63.0 cm³/mol. The zero-order chi connectivity index (χ0) is 11.4. The minimum Gasteiger partial charge on any atom is -0.388 e. The summed E-state index contributed by atoms with van der Waals surface area (Å²) in [4.78, 5) is 0. The van der Waals surface area contributed by atoms with E-state index >= 15 is 0 Å². The van der Waals surface area contributed by atoms with Gasteiger partial charge in [-0.3, -0.25) is 0 Å². The minimum atomic E-state index is -0.582. The molecule has 0 atom stereocenters. The van der Waals surface area contributed by atoms with Crippen LogP contribution in [0.4, 0.5) is 11.6 Å². The molecule has 1 aromatic heterocycles. The van der Waals surface area contributed by atoms with Gasteiger partial charge in [-0.15, -0.1) is 10.2 Å². The molecule has 1 saturated carbocycles. The maximum Gasteiger partial charge on any atom is 0.148 e. The van der Waals surface area contributed by atoms with Gasteiger partial charge in [0.15, 0.2) is 0 Å². The molecule has 5 heteroatoms. The molecule has 1 heterocycles. The van der Waals surface area contributed by atoms with Crippen LogP contribution in [0, 0.1) is 0 Å². The van der Waals surface area contributed by atoms with E-state index in [1.807, 2.05) is 0 Å². The Labute approximate surface area is 95.1 Å². The van der Waals surface area contributed by atoms with E-state index in [0.29, 0.717) is 18.2 Å². The molecule has 0 amide bonds. The Kier molecular flexibility index (Phi) is 3.24. The number of nitrogens with two attached hydrogens (primary N) is 1.